The first-order valence-electron chi connectivity index (χ1n) is 6.18. The van der Waals surface area contributed by atoms with Gasteiger partial charge in [-0.1, -0.05) is 19.1 Å². The third-order valence-electron chi connectivity index (χ3n) is 2.62. The Kier molecular flexibility index (Phi) is 6.03. The first kappa shape index (κ1) is 17.8. The summed E-state index contributed by atoms with van der Waals surface area (Å²) >= 11 is 0. The lowest BCUT2D eigenvalue weighted by Gasteiger charge is -2.20. The molecule has 0 bridgehead atoms. The van der Waals surface area contributed by atoms with Gasteiger partial charge < -0.3 is 10.1 Å². The van der Waals surface area contributed by atoms with Crippen LogP contribution in [0.5, 0.6) is 0 Å². The Labute approximate surface area is 118 Å². The molecule has 0 radical (unpaired) electrons. The van der Waals surface area contributed by atoms with Crippen molar-refractivity contribution in [3.8, 4) is 0 Å². The average Bonchev–Trinajstić information content (AvgIpc) is 2.35. The summed E-state index contributed by atoms with van der Waals surface area (Å²) in [5, 5.41) is 2.80. The number of hydrogen-bond donors (Lipinski definition) is 1. The molecule has 0 saturated carbocycles. The van der Waals surface area contributed by atoms with Gasteiger partial charge in [0.2, 0.25) is 0 Å². The Balaban J connectivity index is 2.80. The number of likely N-dealkylation sites (N-methyl/N-ethyl adjacent to an activating group) is 1. The van der Waals surface area contributed by atoms with E-state index in [1.165, 1.54) is 12.1 Å². The molecule has 8 heteroatoms. The Morgan fingerprint density at radius 3 is 2.33 bits per heavy atom. The van der Waals surface area contributed by atoms with Crippen molar-refractivity contribution in [2.24, 2.45) is 0 Å². The van der Waals surface area contributed by atoms with Gasteiger partial charge in [0.1, 0.15) is 6.61 Å². The summed E-state index contributed by atoms with van der Waals surface area (Å²) in [5.41, 5.74) is -0.618. The monoisotopic (exact) mass is 315 g/mol. The van der Waals surface area contributed by atoms with E-state index in [0.29, 0.717) is 6.54 Å². The first-order chi connectivity index (χ1) is 9.63. The quantitative estimate of drug-likeness (QED) is 0.803. The van der Waals surface area contributed by atoms with Gasteiger partial charge in [-0.2, -0.15) is 26.3 Å². The lowest BCUT2D eigenvalue weighted by molar-refractivity contribution is -0.175. The summed E-state index contributed by atoms with van der Waals surface area (Å²) in [6.07, 6.45) is -8.97. The molecule has 1 N–H and O–H groups in total. The van der Waals surface area contributed by atoms with Gasteiger partial charge in [0.25, 0.3) is 0 Å². The number of benzene rings is 1. The third kappa shape index (κ3) is 6.34. The smallest absolute Gasteiger partial charge is 0.370 e. The molecular formula is C13H15F6NO. The molecule has 1 aromatic carbocycles. The molecule has 0 heterocycles. The number of nitrogens with one attached hydrogen (secondary N) is 1. The van der Waals surface area contributed by atoms with Crippen LogP contribution in [0.4, 0.5) is 26.3 Å². The van der Waals surface area contributed by atoms with Crippen molar-refractivity contribution in [2.75, 3.05) is 19.8 Å². The zero-order valence-electron chi connectivity index (χ0n) is 11.2. The van der Waals surface area contributed by atoms with Crippen molar-refractivity contribution in [3.63, 3.8) is 0 Å². The first-order valence-corrected chi connectivity index (χ1v) is 6.18. The predicted molar refractivity (Wildman–Crippen MR) is 64.7 cm³/mol. The highest BCUT2D eigenvalue weighted by Gasteiger charge is 2.31. The summed E-state index contributed by atoms with van der Waals surface area (Å²) < 4.78 is 78.5. The van der Waals surface area contributed by atoms with E-state index in [-0.39, 0.29) is 12.2 Å². The van der Waals surface area contributed by atoms with E-state index in [0.717, 1.165) is 12.1 Å². The molecule has 0 aromatic heterocycles. The maximum atomic E-state index is 12.6. The van der Waals surface area contributed by atoms with E-state index >= 15 is 0 Å². The minimum Gasteiger partial charge on any atom is -0.370 e. The van der Waals surface area contributed by atoms with Gasteiger partial charge in [-0.25, -0.2) is 0 Å². The van der Waals surface area contributed by atoms with E-state index in [2.05, 4.69) is 10.1 Å². The van der Waals surface area contributed by atoms with Crippen molar-refractivity contribution in [1.29, 1.82) is 0 Å². The van der Waals surface area contributed by atoms with Gasteiger partial charge >= 0.3 is 12.4 Å². The highest BCUT2D eigenvalue weighted by molar-refractivity contribution is 5.28. The number of hydrogen-bond acceptors (Lipinski definition) is 2. The van der Waals surface area contributed by atoms with Crippen LogP contribution in [0.25, 0.3) is 0 Å². The normalized spacial score (nSPS) is 14.2. The fourth-order valence-corrected chi connectivity index (χ4v) is 1.74. The fraction of sp³-hybridized carbons (Fsp3) is 0.538. The molecule has 0 amide bonds. The molecule has 1 rings (SSSR count). The van der Waals surface area contributed by atoms with Crippen LogP contribution >= 0.6 is 0 Å². The zero-order valence-corrected chi connectivity index (χ0v) is 11.2. The van der Waals surface area contributed by atoms with Crippen LogP contribution in [-0.4, -0.2) is 25.9 Å². The number of halogens is 6. The maximum absolute atomic E-state index is 12.6. The van der Waals surface area contributed by atoms with Gasteiger partial charge in [0.15, 0.2) is 0 Å². The van der Waals surface area contributed by atoms with E-state index in [4.69, 9.17) is 0 Å². The second-order valence-electron chi connectivity index (χ2n) is 4.36. The van der Waals surface area contributed by atoms with Crippen molar-refractivity contribution >= 4 is 0 Å². The van der Waals surface area contributed by atoms with Crippen LogP contribution in [0.2, 0.25) is 0 Å². The highest BCUT2D eigenvalue weighted by atomic mass is 19.4. The largest absolute Gasteiger partial charge is 0.416 e. The molecule has 0 aliphatic heterocycles. The van der Waals surface area contributed by atoms with Gasteiger partial charge in [-0.15, -0.1) is 0 Å². The van der Waals surface area contributed by atoms with E-state index in [1.54, 1.807) is 6.92 Å². The van der Waals surface area contributed by atoms with Crippen LogP contribution in [0, 0.1) is 0 Å². The van der Waals surface area contributed by atoms with Crippen LogP contribution in [0.1, 0.15) is 24.1 Å². The molecule has 0 aliphatic carbocycles. The van der Waals surface area contributed by atoms with Crippen LogP contribution in [0.3, 0.4) is 0 Å². The molecule has 1 unspecified atom stereocenters. The molecule has 0 fully saturated rings. The van der Waals surface area contributed by atoms with Crippen molar-refractivity contribution in [3.05, 3.63) is 35.4 Å². The summed E-state index contributed by atoms with van der Waals surface area (Å²) in [4.78, 5) is 0. The molecule has 0 spiro atoms. The standard InChI is InChI=1S/C13H15F6NO/c1-2-20-11(7-21-8-12(14,15)16)9-4-3-5-10(6-9)13(17,18)19/h3-6,11,20H,2,7-8H2,1H3. The Morgan fingerprint density at radius 1 is 1.14 bits per heavy atom. The molecule has 1 aromatic rings. The summed E-state index contributed by atoms with van der Waals surface area (Å²) in [6, 6.07) is 3.71. The Morgan fingerprint density at radius 2 is 1.81 bits per heavy atom. The van der Waals surface area contributed by atoms with Crippen molar-refractivity contribution in [2.45, 2.75) is 25.3 Å². The number of rotatable bonds is 6. The second-order valence-corrected chi connectivity index (χ2v) is 4.36. The minimum atomic E-state index is -4.50. The van der Waals surface area contributed by atoms with Gasteiger partial charge in [0.05, 0.1) is 18.2 Å². The summed E-state index contributed by atoms with van der Waals surface area (Å²) in [5.74, 6) is 0. The molecule has 21 heavy (non-hydrogen) atoms. The highest BCUT2D eigenvalue weighted by Crippen LogP contribution is 2.31. The second kappa shape index (κ2) is 7.13. The molecule has 0 saturated heterocycles. The van der Waals surface area contributed by atoms with Gasteiger partial charge in [-0.05, 0) is 24.2 Å². The predicted octanol–water partition coefficient (Wildman–Crippen LogP) is 3.93. The van der Waals surface area contributed by atoms with Crippen LogP contribution in [0.15, 0.2) is 24.3 Å². The summed E-state index contributed by atoms with van der Waals surface area (Å²) in [6.45, 7) is 0.281. The molecular weight excluding hydrogens is 300 g/mol. The topological polar surface area (TPSA) is 21.3 Å². The lowest BCUT2D eigenvalue weighted by atomic mass is 10.0. The number of alkyl halides is 6. The minimum absolute atomic E-state index is 0.230. The van der Waals surface area contributed by atoms with E-state index in [1.807, 2.05) is 0 Å². The average molecular weight is 315 g/mol. The molecule has 1 atom stereocenters. The van der Waals surface area contributed by atoms with Crippen LogP contribution in [-0.2, 0) is 10.9 Å². The zero-order chi connectivity index (χ0) is 16.1. The van der Waals surface area contributed by atoms with E-state index in [9.17, 15) is 26.3 Å². The van der Waals surface area contributed by atoms with Crippen molar-refractivity contribution in [1.82, 2.24) is 5.32 Å². The fourth-order valence-electron chi connectivity index (χ4n) is 1.74. The van der Waals surface area contributed by atoms with Crippen LogP contribution < -0.4 is 5.32 Å². The maximum Gasteiger partial charge on any atom is 0.416 e. The van der Waals surface area contributed by atoms with Gasteiger partial charge in [-0.3, -0.25) is 0 Å². The Hall–Kier alpha value is -1.28. The van der Waals surface area contributed by atoms with E-state index < -0.39 is 30.6 Å². The SMILES string of the molecule is CCNC(COCC(F)(F)F)c1cccc(C(F)(F)F)c1. The number of ether oxygens (including phenoxy) is 1. The molecule has 0 aliphatic rings. The Bertz CT molecular complexity index is 443. The third-order valence-corrected chi connectivity index (χ3v) is 2.62. The molecule has 2 nitrogen and oxygen atoms in total. The lowest BCUT2D eigenvalue weighted by Crippen LogP contribution is -2.28. The van der Waals surface area contributed by atoms with Crippen molar-refractivity contribution < 1.29 is 31.1 Å². The van der Waals surface area contributed by atoms with Gasteiger partial charge in [0, 0.05) is 0 Å². The molecule has 120 valence electrons. The summed E-state index contributed by atoms with van der Waals surface area (Å²) in [7, 11) is 0.